The summed E-state index contributed by atoms with van der Waals surface area (Å²) < 4.78 is 0. The Bertz CT molecular complexity index is 753. The van der Waals surface area contributed by atoms with Crippen LogP contribution in [0.15, 0.2) is 48.3 Å². The Morgan fingerprint density at radius 1 is 1.12 bits per heavy atom. The second kappa shape index (κ2) is 7.84. The predicted octanol–water partition coefficient (Wildman–Crippen LogP) is 0.767. The zero-order valence-corrected chi connectivity index (χ0v) is 13.3. The molecule has 0 radical (unpaired) electrons. The van der Waals surface area contributed by atoms with Crippen LogP contribution in [0.2, 0.25) is 0 Å². The maximum Gasteiger partial charge on any atom is 0.283 e. The van der Waals surface area contributed by atoms with Gasteiger partial charge in [0.2, 0.25) is 0 Å². The smallest absolute Gasteiger partial charge is 0.283 e. The van der Waals surface area contributed by atoms with Crippen molar-refractivity contribution in [3.63, 3.8) is 0 Å². The summed E-state index contributed by atoms with van der Waals surface area (Å²) in [6.45, 7) is 3.58. The van der Waals surface area contributed by atoms with Crippen LogP contribution in [-0.2, 0) is 4.79 Å². The van der Waals surface area contributed by atoms with Gasteiger partial charge in [-0.05, 0) is 26.0 Å². The molecule has 124 valence electrons. The van der Waals surface area contributed by atoms with E-state index in [0.717, 1.165) is 5.69 Å². The largest absolute Gasteiger partial charge is 0.344 e. The van der Waals surface area contributed by atoms with Gasteiger partial charge in [-0.15, -0.1) is 0 Å². The van der Waals surface area contributed by atoms with Gasteiger partial charge in [0.1, 0.15) is 17.3 Å². The Morgan fingerprint density at radius 2 is 1.83 bits per heavy atom. The number of aryl methyl sites for hydroxylation is 2. The van der Waals surface area contributed by atoms with Crippen LogP contribution >= 0.6 is 0 Å². The van der Waals surface area contributed by atoms with E-state index in [2.05, 4.69) is 20.6 Å². The molecule has 5 N–H and O–H groups in total. The van der Waals surface area contributed by atoms with Gasteiger partial charge in [0, 0.05) is 23.5 Å². The minimum Gasteiger partial charge on any atom is -0.344 e. The molecule has 0 saturated heterocycles. The molecule has 1 aromatic carbocycles. The lowest BCUT2D eigenvalue weighted by molar-refractivity contribution is -0.117. The van der Waals surface area contributed by atoms with Crippen molar-refractivity contribution in [3.8, 4) is 0 Å². The van der Waals surface area contributed by atoms with Crippen molar-refractivity contribution in [1.29, 1.82) is 0 Å². The number of nitrogens with two attached hydrogens (primary N) is 1. The molecule has 0 unspecified atom stereocenters. The van der Waals surface area contributed by atoms with E-state index in [1.807, 2.05) is 12.3 Å². The summed E-state index contributed by atoms with van der Waals surface area (Å²) in [4.78, 5) is 32.4. The van der Waals surface area contributed by atoms with Crippen molar-refractivity contribution in [2.45, 2.75) is 13.8 Å². The van der Waals surface area contributed by atoms with E-state index in [9.17, 15) is 9.59 Å². The average molecular weight is 326 g/mol. The molecule has 8 nitrogen and oxygen atoms in total. The molecule has 0 spiro atoms. The number of hydrogen-bond acceptors (Lipinski definition) is 6. The van der Waals surface area contributed by atoms with E-state index in [4.69, 9.17) is 5.84 Å². The molecule has 2 amide bonds. The van der Waals surface area contributed by atoms with Crippen molar-refractivity contribution in [2.24, 2.45) is 5.84 Å². The van der Waals surface area contributed by atoms with E-state index < -0.39 is 11.8 Å². The molecule has 0 aliphatic rings. The number of benzene rings is 1. The van der Waals surface area contributed by atoms with Gasteiger partial charge in [-0.2, -0.15) is 0 Å². The van der Waals surface area contributed by atoms with E-state index in [-0.39, 0.29) is 5.70 Å². The number of anilines is 1. The SMILES string of the molecule is Cc1cc(N/C=C(\NC(=O)c2ccccc2)C(=O)NN)nc(C)n1. The summed E-state index contributed by atoms with van der Waals surface area (Å²) in [5, 5.41) is 5.36. The Balaban J connectivity index is 2.18. The summed E-state index contributed by atoms with van der Waals surface area (Å²) in [5.41, 5.74) is 3.14. The number of hydrogen-bond donors (Lipinski definition) is 4. The molecule has 1 aromatic heterocycles. The fraction of sp³-hybridized carbons (Fsp3) is 0.125. The number of hydrazine groups is 1. The first-order valence-corrected chi connectivity index (χ1v) is 7.16. The third-order valence-electron chi connectivity index (χ3n) is 2.99. The Kier molecular flexibility index (Phi) is 5.58. The lowest BCUT2D eigenvalue weighted by Crippen LogP contribution is -2.38. The van der Waals surface area contributed by atoms with Crippen LogP contribution in [0.25, 0.3) is 0 Å². The summed E-state index contributed by atoms with van der Waals surface area (Å²) in [6, 6.07) is 10.2. The standard InChI is InChI=1S/C16H18N6O2/c1-10-8-14(20-11(2)19-10)18-9-13(16(24)22-17)21-15(23)12-6-4-3-5-7-12/h3-9H,17H2,1-2H3,(H,21,23)(H,22,24)(H,18,19,20)/b13-9-. The van der Waals surface area contributed by atoms with E-state index >= 15 is 0 Å². The normalized spacial score (nSPS) is 10.9. The van der Waals surface area contributed by atoms with Crippen LogP contribution in [0.1, 0.15) is 21.9 Å². The Labute approximate surface area is 139 Å². The zero-order chi connectivity index (χ0) is 17.5. The van der Waals surface area contributed by atoms with Crippen molar-refractivity contribution in [1.82, 2.24) is 20.7 Å². The highest BCUT2D eigenvalue weighted by Crippen LogP contribution is 2.07. The lowest BCUT2D eigenvalue weighted by Gasteiger charge is -2.10. The number of carbonyl (C=O) groups excluding carboxylic acids is 2. The molecule has 1 heterocycles. The van der Waals surface area contributed by atoms with Crippen molar-refractivity contribution >= 4 is 17.6 Å². The fourth-order valence-electron chi connectivity index (χ4n) is 1.96. The highest BCUT2D eigenvalue weighted by molar-refractivity contribution is 6.02. The van der Waals surface area contributed by atoms with Crippen LogP contribution in [0.3, 0.4) is 0 Å². The van der Waals surface area contributed by atoms with E-state index in [1.165, 1.54) is 6.20 Å². The molecule has 0 bridgehead atoms. The quantitative estimate of drug-likeness (QED) is 0.279. The van der Waals surface area contributed by atoms with Crippen LogP contribution < -0.4 is 21.9 Å². The van der Waals surface area contributed by atoms with Gasteiger partial charge in [-0.1, -0.05) is 18.2 Å². The molecule has 8 heteroatoms. The first kappa shape index (κ1) is 17.1. The van der Waals surface area contributed by atoms with Gasteiger partial charge in [0.25, 0.3) is 11.8 Å². The third-order valence-corrected chi connectivity index (χ3v) is 2.99. The molecule has 0 saturated carbocycles. The van der Waals surface area contributed by atoms with Crippen molar-refractivity contribution < 1.29 is 9.59 Å². The fourth-order valence-corrected chi connectivity index (χ4v) is 1.96. The molecule has 2 aromatic rings. The number of nitrogens with one attached hydrogen (secondary N) is 3. The zero-order valence-electron chi connectivity index (χ0n) is 13.3. The van der Waals surface area contributed by atoms with Gasteiger partial charge >= 0.3 is 0 Å². The number of carbonyl (C=O) groups is 2. The minimum absolute atomic E-state index is 0.0414. The van der Waals surface area contributed by atoms with Crippen LogP contribution in [0.4, 0.5) is 5.82 Å². The van der Waals surface area contributed by atoms with Crippen LogP contribution in [-0.4, -0.2) is 21.8 Å². The molecule has 0 aliphatic heterocycles. The maximum atomic E-state index is 12.2. The second-order valence-electron chi connectivity index (χ2n) is 4.94. The highest BCUT2D eigenvalue weighted by atomic mass is 16.2. The Hall–Kier alpha value is -3.26. The minimum atomic E-state index is -0.644. The maximum absolute atomic E-state index is 12.2. The summed E-state index contributed by atoms with van der Waals surface area (Å²) in [6.07, 6.45) is 1.32. The second-order valence-corrected chi connectivity index (χ2v) is 4.94. The molecular weight excluding hydrogens is 308 g/mol. The lowest BCUT2D eigenvalue weighted by atomic mass is 10.2. The predicted molar refractivity (Wildman–Crippen MR) is 89.5 cm³/mol. The summed E-state index contributed by atoms with van der Waals surface area (Å²) in [7, 11) is 0. The topological polar surface area (TPSA) is 122 Å². The number of nitrogens with zero attached hydrogens (tertiary/aromatic N) is 2. The number of rotatable bonds is 5. The number of aromatic nitrogens is 2. The average Bonchev–Trinajstić information content (AvgIpc) is 2.57. The monoisotopic (exact) mass is 326 g/mol. The molecule has 24 heavy (non-hydrogen) atoms. The molecule has 0 aliphatic carbocycles. The van der Waals surface area contributed by atoms with E-state index in [0.29, 0.717) is 17.2 Å². The van der Waals surface area contributed by atoms with Crippen LogP contribution in [0, 0.1) is 13.8 Å². The van der Waals surface area contributed by atoms with Gasteiger partial charge in [0.05, 0.1) is 0 Å². The van der Waals surface area contributed by atoms with Crippen molar-refractivity contribution in [3.05, 3.63) is 65.4 Å². The van der Waals surface area contributed by atoms with Gasteiger partial charge in [-0.3, -0.25) is 15.0 Å². The molecule has 2 rings (SSSR count). The third kappa shape index (κ3) is 4.62. The highest BCUT2D eigenvalue weighted by Gasteiger charge is 2.13. The first-order valence-electron chi connectivity index (χ1n) is 7.16. The van der Waals surface area contributed by atoms with Gasteiger partial charge < -0.3 is 10.6 Å². The van der Waals surface area contributed by atoms with Crippen LogP contribution in [0.5, 0.6) is 0 Å². The first-order chi connectivity index (χ1) is 11.5. The molecule has 0 fully saturated rings. The summed E-state index contributed by atoms with van der Waals surface area (Å²) in [5.74, 6) is 5.17. The van der Waals surface area contributed by atoms with Crippen molar-refractivity contribution in [2.75, 3.05) is 5.32 Å². The molecule has 0 atom stereocenters. The van der Waals surface area contributed by atoms with E-state index in [1.54, 1.807) is 43.3 Å². The summed E-state index contributed by atoms with van der Waals surface area (Å²) >= 11 is 0. The van der Waals surface area contributed by atoms with Gasteiger partial charge in [0.15, 0.2) is 0 Å². The number of amides is 2. The Morgan fingerprint density at radius 3 is 2.46 bits per heavy atom. The molecular formula is C16H18N6O2. The van der Waals surface area contributed by atoms with Gasteiger partial charge in [-0.25, -0.2) is 15.8 Å².